The van der Waals surface area contributed by atoms with Gasteiger partial charge >= 0.3 is 0 Å². The fourth-order valence-corrected chi connectivity index (χ4v) is 3.12. The van der Waals surface area contributed by atoms with E-state index < -0.39 is 16.7 Å². The number of nitrogens with two attached hydrogens (primary N) is 1. The van der Waals surface area contributed by atoms with Gasteiger partial charge in [0, 0.05) is 28.9 Å². The van der Waals surface area contributed by atoms with Crippen LogP contribution in [0.3, 0.4) is 0 Å². The number of anilines is 2. The van der Waals surface area contributed by atoms with Crippen molar-refractivity contribution in [2.24, 2.45) is 5.73 Å². The molecule has 33 heavy (non-hydrogen) atoms. The third-order valence-corrected chi connectivity index (χ3v) is 4.98. The standard InChI is InChI=1S/C23H21ClN4O5/c24-19-4-2-1-3-16(19)14-26-20-10-5-15(13-21(20)28(31)32)23(30)27-17-6-8-18(9-7-17)33-12-11-22(25)29/h1-10,13,26H,11-12,14H2,(H2,25,29)(H,27,30). The Balaban J connectivity index is 1.66. The fraction of sp³-hybridized carbons (Fsp3) is 0.130. The topological polar surface area (TPSA) is 137 Å². The van der Waals surface area contributed by atoms with E-state index in [4.69, 9.17) is 22.1 Å². The van der Waals surface area contributed by atoms with Crippen LogP contribution >= 0.6 is 11.6 Å². The number of hydrogen-bond donors (Lipinski definition) is 3. The highest BCUT2D eigenvalue weighted by Gasteiger charge is 2.18. The van der Waals surface area contributed by atoms with E-state index in [0.717, 1.165) is 5.56 Å². The molecule has 0 saturated heterocycles. The lowest BCUT2D eigenvalue weighted by Gasteiger charge is -2.11. The first-order chi connectivity index (χ1) is 15.8. The Kier molecular flexibility index (Phi) is 7.82. The molecule has 0 aliphatic rings. The van der Waals surface area contributed by atoms with Crippen molar-refractivity contribution in [3.05, 3.63) is 93.0 Å². The Labute approximate surface area is 194 Å². The van der Waals surface area contributed by atoms with Crippen molar-refractivity contribution in [1.29, 1.82) is 0 Å². The molecule has 0 aliphatic heterocycles. The van der Waals surface area contributed by atoms with Crippen molar-refractivity contribution in [3.8, 4) is 5.75 Å². The van der Waals surface area contributed by atoms with E-state index in [1.165, 1.54) is 18.2 Å². The first-order valence-electron chi connectivity index (χ1n) is 9.91. The number of carbonyl (C=O) groups excluding carboxylic acids is 2. The van der Waals surface area contributed by atoms with E-state index >= 15 is 0 Å². The van der Waals surface area contributed by atoms with Crippen molar-refractivity contribution in [2.45, 2.75) is 13.0 Å². The highest BCUT2D eigenvalue weighted by atomic mass is 35.5. The number of nitrogens with zero attached hydrogens (tertiary/aromatic N) is 1. The van der Waals surface area contributed by atoms with Gasteiger partial charge in [0.15, 0.2) is 0 Å². The first-order valence-corrected chi connectivity index (χ1v) is 10.3. The summed E-state index contributed by atoms with van der Waals surface area (Å²) in [6.45, 7) is 0.446. The molecule has 0 saturated carbocycles. The molecule has 0 bridgehead atoms. The van der Waals surface area contributed by atoms with Crippen LogP contribution < -0.4 is 21.1 Å². The van der Waals surface area contributed by atoms with E-state index in [1.807, 2.05) is 12.1 Å². The van der Waals surface area contributed by atoms with Crippen LogP contribution in [-0.4, -0.2) is 23.3 Å². The summed E-state index contributed by atoms with van der Waals surface area (Å²) < 4.78 is 5.38. The molecule has 0 aromatic heterocycles. The molecule has 170 valence electrons. The molecule has 10 heteroatoms. The van der Waals surface area contributed by atoms with Crippen LogP contribution in [0.4, 0.5) is 17.1 Å². The van der Waals surface area contributed by atoms with Gasteiger partial charge in [-0.3, -0.25) is 19.7 Å². The molecular formula is C23H21ClN4O5. The van der Waals surface area contributed by atoms with Crippen LogP contribution in [0.15, 0.2) is 66.7 Å². The zero-order chi connectivity index (χ0) is 23.8. The lowest BCUT2D eigenvalue weighted by molar-refractivity contribution is -0.384. The number of primary amides is 1. The highest BCUT2D eigenvalue weighted by molar-refractivity contribution is 6.31. The average molecular weight is 469 g/mol. The number of amides is 2. The molecule has 0 radical (unpaired) electrons. The van der Waals surface area contributed by atoms with Crippen LogP contribution in [0.2, 0.25) is 5.02 Å². The number of nitro groups is 1. The average Bonchev–Trinajstić information content (AvgIpc) is 2.79. The molecule has 3 aromatic rings. The Morgan fingerprint density at radius 1 is 1.06 bits per heavy atom. The summed E-state index contributed by atoms with van der Waals surface area (Å²) >= 11 is 6.13. The van der Waals surface area contributed by atoms with E-state index in [1.54, 1.807) is 36.4 Å². The van der Waals surface area contributed by atoms with E-state index in [9.17, 15) is 19.7 Å². The summed E-state index contributed by atoms with van der Waals surface area (Å²) in [5.41, 5.74) is 6.50. The zero-order valence-corrected chi connectivity index (χ0v) is 18.2. The smallest absolute Gasteiger partial charge is 0.293 e. The molecule has 3 rings (SSSR count). The van der Waals surface area contributed by atoms with Gasteiger partial charge < -0.3 is 21.1 Å². The number of nitro benzene ring substituents is 1. The van der Waals surface area contributed by atoms with Gasteiger partial charge in [0.25, 0.3) is 11.6 Å². The summed E-state index contributed by atoms with van der Waals surface area (Å²) in [7, 11) is 0. The number of benzene rings is 3. The Morgan fingerprint density at radius 2 is 1.79 bits per heavy atom. The Hall–Kier alpha value is -4.11. The largest absolute Gasteiger partial charge is 0.493 e. The van der Waals surface area contributed by atoms with Crippen LogP contribution in [0.1, 0.15) is 22.3 Å². The third kappa shape index (κ3) is 6.68. The number of ether oxygens (including phenoxy) is 1. The second-order valence-corrected chi connectivity index (χ2v) is 7.38. The van der Waals surface area contributed by atoms with Crippen LogP contribution in [-0.2, 0) is 11.3 Å². The first kappa shape index (κ1) is 23.6. The lowest BCUT2D eigenvalue weighted by atomic mass is 10.1. The van der Waals surface area contributed by atoms with Gasteiger partial charge in [0.1, 0.15) is 11.4 Å². The van der Waals surface area contributed by atoms with Gasteiger partial charge in [-0.2, -0.15) is 0 Å². The molecule has 9 nitrogen and oxygen atoms in total. The molecule has 3 aromatic carbocycles. The molecule has 2 amide bonds. The number of nitrogens with one attached hydrogen (secondary N) is 2. The molecule has 0 fully saturated rings. The maximum absolute atomic E-state index is 12.6. The van der Waals surface area contributed by atoms with Gasteiger partial charge in [-0.05, 0) is 48.0 Å². The van der Waals surface area contributed by atoms with Gasteiger partial charge in [-0.25, -0.2) is 0 Å². The minimum atomic E-state index is -0.552. The minimum Gasteiger partial charge on any atom is -0.493 e. The minimum absolute atomic E-state index is 0.0977. The maximum Gasteiger partial charge on any atom is 0.293 e. The van der Waals surface area contributed by atoms with E-state index in [2.05, 4.69) is 10.6 Å². The summed E-state index contributed by atoms with van der Waals surface area (Å²) in [6.07, 6.45) is 0.0977. The summed E-state index contributed by atoms with van der Waals surface area (Å²) in [4.78, 5) is 34.4. The number of hydrogen-bond acceptors (Lipinski definition) is 6. The quantitative estimate of drug-likeness (QED) is 0.298. The van der Waals surface area contributed by atoms with E-state index in [-0.39, 0.29) is 30.0 Å². The summed E-state index contributed by atoms with van der Waals surface area (Å²) in [5, 5.41) is 17.8. The van der Waals surface area contributed by atoms with Crippen molar-refractivity contribution in [2.75, 3.05) is 17.2 Å². The van der Waals surface area contributed by atoms with Gasteiger partial charge in [-0.15, -0.1) is 0 Å². The molecule has 0 aliphatic carbocycles. The normalized spacial score (nSPS) is 10.3. The monoisotopic (exact) mass is 468 g/mol. The number of carbonyl (C=O) groups is 2. The predicted octanol–water partition coefficient (Wildman–Crippen LogP) is 4.37. The van der Waals surface area contributed by atoms with Crippen molar-refractivity contribution in [3.63, 3.8) is 0 Å². The maximum atomic E-state index is 12.6. The number of halogens is 1. The SMILES string of the molecule is NC(=O)CCOc1ccc(NC(=O)c2ccc(NCc3ccccc3Cl)c([N+](=O)[O-])c2)cc1. The van der Waals surface area contributed by atoms with Crippen LogP contribution in [0.25, 0.3) is 0 Å². The van der Waals surface area contributed by atoms with Crippen LogP contribution in [0.5, 0.6) is 5.75 Å². The molecule has 0 spiro atoms. The summed E-state index contributed by atoms with van der Waals surface area (Å²) in [6, 6.07) is 17.9. The van der Waals surface area contributed by atoms with Crippen molar-refractivity contribution < 1.29 is 19.2 Å². The molecule has 0 heterocycles. The van der Waals surface area contributed by atoms with Gasteiger partial charge in [0.05, 0.1) is 18.0 Å². The zero-order valence-electron chi connectivity index (χ0n) is 17.4. The molecular weight excluding hydrogens is 448 g/mol. The second kappa shape index (κ2) is 11.0. The molecule has 4 N–H and O–H groups in total. The number of rotatable bonds is 10. The highest BCUT2D eigenvalue weighted by Crippen LogP contribution is 2.27. The van der Waals surface area contributed by atoms with Crippen LogP contribution in [0, 0.1) is 10.1 Å². The molecule has 0 atom stereocenters. The Morgan fingerprint density at radius 3 is 2.45 bits per heavy atom. The Bertz CT molecular complexity index is 1170. The van der Waals surface area contributed by atoms with Gasteiger partial charge in [0.2, 0.25) is 5.91 Å². The van der Waals surface area contributed by atoms with Gasteiger partial charge in [-0.1, -0.05) is 29.8 Å². The predicted molar refractivity (Wildman–Crippen MR) is 126 cm³/mol. The lowest BCUT2D eigenvalue weighted by Crippen LogP contribution is -2.14. The molecule has 0 unspecified atom stereocenters. The second-order valence-electron chi connectivity index (χ2n) is 6.98. The summed E-state index contributed by atoms with van der Waals surface area (Å²) in [5.74, 6) is -0.449. The third-order valence-electron chi connectivity index (χ3n) is 4.61. The van der Waals surface area contributed by atoms with Crippen molar-refractivity contribution >= 4 is 40.5 Å². The fourth-order valence-electron chi connectivity index (χ4n) is 2.91. The van der Waals surface area contributed by atoms with E-state index in [0.29, 0.717) is 23.0 Å². The van der Waals surface area contributed by atoms with Crippen molar-refractivity contribution in [1.82, 2.24) is 0 Å².